The third-order valence-electron chi connectivity index (χ3n) is 1.92. The van der Waals surface area contributed by atoms with Gasteiger partial charge in [0.2, 0.25) is 0 Å². The first-order valence-electron chi connectivity index (χ1n) is 4.64. The number of rotatable bonds is 2. The lowest BCUT2D eigenvalue weighted by Crippen LogP contribution is -2.11. The average Bonchev–Trinajstić information content (AvgIpc) is 2.68. The monoisotopic (exact) mass is 236 g/mol. The Morgan fingerprint density at radius 1 is 1.38 bits per heavy atom. The largest absolute Gasteiger partial charge is 0.438 e. The summed E-state index contributed by atoms with van der Waals surface area (Å²) in [7, 11) is 0. The Kier molecular flexibility index (Phi) is 2.92. The second kappa shape index (κ2) is 4.37. The molecule has 0 aliphatic carbocycles. The molecule has 1 amide bonds. The van der Waals surface area contributed by atoms with Gasteiger partial charge in [-0.1, -0.05) is 11.6 Å². The number of aromatic nitrogens is 1. The number of anilines is 1. The van der Waals surface area contributed by atoms with Crippen LogP contribution < -0.4 is 5.32 Å². The van der Waals surface area contributed by atoms with E-state index in [4.69, 9.17) is 16.0 Å². The Bertz CT molecular complexity index is 505. The molecule has 0 saturated carbocycles. The molecular formula is C11H9ClN2O2. The van der Waals surface area contributed by atoms with E-state index in [1.807, 2.05) is 0 Å². The predicted octanol–water partition coefficient (Wildman–Crippen LogP) is 2.89. The van der Waals surface area contributed by atoms with Gasteiger partial charge in [-0.05, 0) is 31.2 Å². The molecule has 0 radical (unpaired) electrons. The zero-order chi connectivity index (χ0) is 11.5. The SMILES string of the molecule is Cc1cnc(C(=O)Nc2ccc(Cl)cc2)o1. The fraction of sp³-hybridized carbons (Fsp3) is 0.0909. The molecule has 0 aliphatic heterocycles. The fourth-order valence-corrected chi connectivity index (χ4v) is 1.30. The summed E-state index contributed by atoms with van der Waals surface area (Å²) in [5, 5.41) is 3.26. The quantitative estimate of drug-likeness (QED) is 0.872. The van der Waals surface area contributed by atoms with Crippen LogP contribution in [-0.2, 0) is 0 Å². The number of carbonyl (C=O) groups is 1. The maximum atomic E-state index is 11.6. The molecule has 1 N–H and O–H groups in total. The fourth-order valence-electron chi connectivity index (χ4n) is 1.18. The lowest BCUT2D eigenvalue weighted by molar-refractivity contribution is 0.0989. The van der Waals surface area contributed by atoms with E-state index in [2.05, 4.69) is 10.3 Å². The third kappa shape index (κ3) is 2.41. The zero-order valence-electron chi connectivity index (χ0n) is 8.53. The average molecular weight is 237 g/mol. The molecule has 5 heteroatoms. The number of nitrogens with zero attached hydrogens (tertiary/aromatic N) is 1. The molecule has 16 heavy (non-hydrogen) atoms. The number of aryl methyl sites for hydroxylation is 1. The molecule has 2 aromatic rings. The first-order valence-corrected chi connectivity index (χ1v) is 5.02. The van der Waals surface area contributed by atoms with Crippen molar-refractivity contribution >= 4 is 23.2 Å². The van der Waals surface area contributed by atoms with Gasteiger partial charge < -0.3 is 9.73 Å². The highest BCUT2D eigenvalue weighted by molar-refractivity contribution is 6.30. The summed E-state index contributed by atoms with van der Waals surface area (Å²) < 4.78 is 5.09. The minimum atomic E-state index is -0.379. The first kappa shape index (κ1) is 10.7. The second-order valence-electron chi connectivity index (χ2n) is 3.24. The molecule has 1 aromatic carbocycles. The first-order chi connectivity index (χ1) is 7.65. The molecule has 82 valence electrons. The van der Waals surface area contributed by atoms with Gasteiger partial charge in [-0.15, -0.1) is 0 Å². The lowest BCUT2D eigenvalue weighted by Gasteiger charge is -2.01. The highest BCUT2D eigenvalue weighted by Crippen LogP contribution is 2.14. The highest BCUT2D eigenvalue weighted by Gasteiger charge is 2.11. The minimum absolute atomic E-state index is 0.0486. The van der Waals surface area contributed by atoms with Crippen molar-refractivity contribution in [1.82, 2.24) is 4.98 Å². The van der Waals surface area contributed by atoms with E-state index in [9.17, 15) is 4.79 Å². The summed E-state index contributed by atoms with van der Waals surface area (Å²) in [6.07, 6.45) is 1.50. The standard InChI is InChI=1S/C11H9ClN2O2/c1-7-6-13-11(16-7)10(15)14-9-4-2-8(12)3-5-9/h2-6H,1H3,(H,14,15). The number of carbonyl (C=O) groups excluding carboxylic acids is 1. The number of amides is 1. The summed E-state index contributed by atoms with van der Waals surface area (Å²) in [4.78, 5) is 15.4. The summed E-state index contributed by atoms with van der Waals surface area (Å²) >= 11 is 5.72. The molecule has 4 nitrogen and oxygen atoms in total. The van der Waals surface area contributed by atoms with Crippen LogP contribution in [0.1, 0.15) is 16.4 Å². The van der Waals surface area contributed by atoms with Crippen LogP contribution in [0.2, 0.25) is 5.02 Å². The maximum absolute atomic E-state index is 11.6. The van der Waals surface area contributed by atoms with Gasteiger partial charge in [0, 0.05) is 10.7 Å². The Morgan fingerprint density at radius 2 is 2.06 bits per heavy atom. The van der Waals surface area contributed by atoms with Crippen molar-refractivity contribution in [3.05, 3.63) is 47.1 Å². The molecule has 0 fully saturated rings. The molecular weight excluding hydrogens is 228 g/mol. The number of nitrogens with one attached hydrogen (secondary N) is 1. The van der Waals surface area contributed by atoms with Crippen LogP contribution in [-0.4, -0.2) is 10.9 Å². The van der Waals surface area contributed by atoms with E-state index < -0.39 is 0 Å². The van der Waals surface area contributed by atoms with Crippen molar-refractivity contribution in [3.63, 3.8) is 0 Å². The Balaban J connectivity index is 2.10. The lowest BCUT2D eigenvalue weighted by atomic mass is 10.3. The molecule has 1 heterocycles. The van der Waals surface area contributed by atoms with E-state index >= 15 is 0 Å². The molecule has 0 atom stereocenters. The predicted molar refractivity (Wildman–Crippen MR) is 60.6 cm³/mol. The number of benzene rings is 1. The minimum Gasteiger partial charge on any atom is -0.438 e. The normalized spacial score (nSPS) is 10.1. The van der Waals surface area contributed by atoms with Crippen molar-refractivity contribution in [2.75, 3.05) is 5.32 Å². The van der Waals surface area contributed by atoms with E-state index in [0.29, 0.717) is 16.5 Å². The van der Waals surface area contributed by atoms with E-state index in [-0.39, 0.29) is 11.8 Å². The van der Waals surface area contributed by atoms with Crippen LogP contribution in [0, 0.1) is 6.92 Å². The molecule has 2 rings (SSSR count). The second-order valence-corrected chi connectivity index (χ2v) is 3.67. The number of oxazole rings is 1. The number of hydrogen-bond acceptors (Lipinski definition) is 3. The van der Waals surface area contributed by atoms with Crippen LogP contribution in [0.25, 0.3) is 0 Å². The number of hydrogen-bond donors (Lipinski definition) is 1. The van der Waals surface area contributed by atoms with Gasteiger partial charge in [0.1, 0.15) is 5.76 Å². The van der Waals surface area contributed by atoms with Gasteiger partial charge in [0.15, 0.2) is 0 Å². The van der Waals surface area contributed by atoms with E-state index in [0.717, 1.165) is 0 Å². The van der Waals surface area contributed by atoms with Crippen LogP contribution in [0.3, 0.4) is 0 Å². The van der Waals surface area contributed by atoms with E-state index in [1.165, 1.54) is 6.20 Å². The van der Waals surface area contributed by atoms with Crippen molar-refractivity contribution in [2.45, 2.75) is 6.92 Å². The molecule has 0 spiro atoms. The molecule has 0 saturated heterocycles. The van der Waals surface area contributed by atoms with Crippen LogP contribution in [0.15, 0.2) is 34.9 Å². The molecule has 0 aliphatic rings. The third-order valence-corrected chi connectivity index (χ3v) is 2.17. The highest BCUT2D eigenvalue weighted by atomic mass is 35.5. The topological polar surface area (TPSA) is 55.1 Å². The van der Waals surface area contributed by atoms with Crippen LogP contribution in [0.5, 0.6) is 0 Å². The maximum Gasteiger partial charge on any atom is 0.311 e. The van der Waals surface area contributed by atoms with Gasteiger partial charge in [0.25, 0.3) is 5.89 Å². The molecule has 0 unspecified atom stereocenters. The Hall–Kier alpha value is -1.81. The van der Waals surface area contributed by atoms with Gasteiger partial charge in [-0.3, -0.25) is 4.79 Å². The van der Waals surface area contributed by atoms with Gasteiger partial charge in [0.05, 0.1) is 6.20 Å². The van der Waals surface area contributed by atoms with Crippen molar-refractivity contribution in [2.24, 2.45) is 0 Å². The Labute approximate surface area is 97.2 Å². The summed E-state index contributed by atoms with van der Waals surface area (Å²) in [6.45, 7) is 1.73. The van der Waals surface area contributed by atoms with Gasteiger partial charge in [-0.2, -0.15) is 0 Å². The van der Waals surface area contributed by atoms with Crippen molar-refractivity contribution in [3.8, 4) is 0 Å². The van der Waals surface area contributed by atoms with Crippen LogP contribution in [0.4, 0.5) is 5.69 Å². The number of halogens is 1. The van der Waals surface area contributed by atoms with Gasteiger partial charge in [-0.25, -0.2) is 4.98 Å². The molecule has 0 bridgehead atoms. The van der Waals surface area contributed by atoms with Crippen LogP contribution >= 0.6 is 11.6 Å². The molecule has 1 aromatic heterocycles. The van der Waals surface area contributed by atoms with Crippen molar-refractivity contribution in [1.29, 1.82) is 0 Å². The summed E-state index contributed by atoms with van der Waals surface area (Å²) in [5.74, 6) is 0.268. The zero-order valence-corrected chi connectivity index (χ0v) is 9.28. The Morgan fingerprint density at radius 3 is 2.62 bits per heavy atom. The van der Waals surface area contributed by atoms with Gasteiger partial charge >= 0.3 is 5.91 Å². The summed E-state index contributed by atoms with van der Waals surface area (Å²) in [6, 6.07) is 6.79. The van der Waals surface area contributed by atoms with E-state index in [1.54, 1.807) is 31.2 Å². The summed E-state index contributed by atoms with van der Waals surface area (Å²) in [5.41, 5.74) is 0.644. The smallest absolute Gasteiger partial charge is 0.311 e. The van der Waals surface area contributed by atoms with Crippen molar-refractivity contribution < 1.29 is 9.21 Å².